The molecular weight excluding hydrogens is 529 g/mol. The number of nitrogens with zero attached hydrogens (tertiary/aromatic N) is 2. The second kappa shape index (κ2) is 11.3. The maximum atomic E-state index is 15.5. The van der Waals surface area contributed by atoms with E-state index >= 15 is 4.39 Å². The lowest BCUT2D eigenvalue weighted by Crippen LogP contribution is -2.49. The van der Waals surface area contributed by atoms with Gasteiger partial charge in [-0.1, -0.05) is 54.6 Å². The molecule has 5 aromatic rings. The van der Waals surface area contributed by atoms with Crippen LogP contribution in [0.5, 0.6) is 5.75 Å². The van der Waals surface area contributed by atoms with Crippen molar-refractivity contribution in [3.8, 4) is 28.0 Å². The predicted octanol–water partition coefficient (Wildman–Crippen LogP) is 7.59. The topological polar surface area (TPSA) is 74.7 Å². The molecule has 0 amide bonds. The van der Waals surface area contributed by atoms with Crippen LogP contribution in [-0.4, -0.2) is 41.2 Å². The molecule has 7 heteroatoms. The summed E-state index contributed by atoms with van der Waals surface area (Å²) in [6.07, 6.45) is 1.81. The number of carboxylic acids is 1. The number of likely N-dealkylation sites (tertiary alicyclic amines) is 1. The first-order valence-corrected chi connectivity index (χ1v) is 14.0. The van der Waals surface area contributed by atoms with Crippen molar-refractivity contribution < 1.29 is 19.0 Å². The summed E-state index contributed by atoms with van der Waals surface area (Å²) in [6.45, 7) is 5.27. The molecule has 1 fully saturated rings. The zero-order valence-electron chi connectivity index (χ0n) is 23.8. The molecule has 2 N–H and O–H groups in total. The van der Waals surface area contributed by atoms with Crippen LogP contribution in [0.4, 0.5) is 15.9 Å². The summed E-state index contributed by atoms with van der Waals surface area (Å²) in [5.74, 6) is -0.315. The Hall–Kier alpha value is -4.75. The number of aromatic nitrogens is 1. The summed E-state index contributed by atoms with van der Waals surface area (Å²) in [5.41, 5.74) is 7.30. The number of aliphatic carboxylic acids is 1. The van der Waals surface area contributed by atoms with E-state index in [9.17, 15) is 9.90 Å². The molecule has 1 aliphatic rings. The van der Waals surface area contributed by atoms with Crippen LogP contribution in [0.25, 0.3) is 33.0 Å². The lowest BCUT2D eigenvalue weighted by molar-refractivity contribution is -0.147. The van der Waals surface area contributed by atoms with Gasteiger partial charge < -0.3 is 15.2 Å². The van der Waals surface area contributed by atoms with Gasteiger partial charge in [0.25, 0.3) is 0 Å². The highest BCUT2D eigenvalue weighted by molar-refractivity contribution is 5.94. The summed E-state index contributed by atoms with van der Waals surface area (Å²) in [5, 5.41) is 14.9. The number of hydrogen-bond acceptors (Lipinski definition) is 5. The van der Waals surface area contributed by atoms with Gasteiger partial charge in [0.1, 0.15) is 17.4 Å². The fraction of sp³-hybridized carbons (Fsp3) is 0.200. The number of fused-ring (bicyclic) bond motifs is 1. The van der Waals surface area contributed by atoms with Crippen LogP contribution in [0.2, 0.25) is 0 Å². The Labute approximate surface area is 244 Å². The van der Waals surface area contributed by atoms with Gasteiger partial charge in [-0.15, -0.1) is 0 Å². The van der Waals surface area contributed by atoms with Crippen LogP contribution < -0.4 is 10.1 Å². The Bertz CT molecular complexity index is 1810. The van der Waals surface area contributed by atoms with E-state index < -0.39 is 11.9 Å². The summed E-state index contributed by atoms with van der Waals surface area (Å²) in [6, 6.07) is 25.9. The number of methoxy groups -OCH3 is 1. The van der Waals surface area contributed by atoms with Crippen molar-refractivity contribution in [1.82, 2.24) is 9.88 Å². The molecule has 0 aliphatic carbocycles. The Morgan fingerprint density at radius 3 is 2.45 bits per heavy atom. The van der Waals surface area contributed by atoms with Gasteiger partial charge in [0.15, 0.2) is 0 Å². The van der Waals surface area contributed by atoms with Crippen molar-refractivity contribution in [2.24, 2.45) is 5.92 Å². The lowest BCUT2D eigenvalue weighted by Gasteiger charge is -2.36. The Morgan fingerprint density at radius 2 is 1.69 bits per heavy atom. The van der Waals surface area contributed by atoms with Crippen LogP contribution >= 0.6 is 0 Å². The number of pyridine rings is 1. The van der Waals surface area contributed by atoms with Crippen molar-refractivity contribution in [2.75, 3.05) is 25.5 Å². The van der Waals surface area contributed by atoms with Crippen LogP contribution in [0, 0.1) is 25.6 Å². The highest BCUT2D eigenvalue weighted by atomic mass is 19.1. The third kappa shape index (κ3) is 5.08. The molecule has 6 nitrogen and oxygen atoms in total. The molecule has 6 rings (SSSR count). The van der Waals surface area contributed by atoms with Gasteiger partial charge in [0, 0.05) is 42.5 Å². The number of halogens is 1. The molecule has 0 radical (unpaired) electrons. The Morgan fingerprint density at radius 1 is 0.976 bits per heavy atom. The minimum Gasteiger partial charge on any atom is -0.496 e. The molecule has 42 heavy (non-hydrogen) atoms. The predicted molar refractivity (Wildman–Crippen MR) is 165 cm³/mol. The van der Waals surface area contributed by atoms with Gasteiger partial charge in [-0.2, -0.15) is 0 Å². The van der Waals surface area contributed by atoms with Crippen LogP contribution in [0.1, 0.15) is 16.7 Å². The smallest absolute Gasteiger partial charge is 0.309 e. The zero-order chi connectivity index (χ0) is 29.4. The molecular formula is C35H32FN3O3. The maximum Gasteiger partial charge on any atom is 0.309 e. The van der Waals surface area contributed by atoms with Gasteiger partial charge >= 0.3 is 5.97 Å². The first-order valence-electron chi connectivity index (χ1n) is 14.0. The van der Waals surface area contributed by atoms with Crippen molar-refractivity contribution >= 4 is 28.2 Å². The minimum atomic E-state index is -0.814. The summed E-state index contributed by atoms with van der Waals surface area (Å²) >= 11 is 0. The number of nitrogens with one attached hydrogen (secondary N) is 1. The molecule has 1 aliphatic heterocycles. The van der Waals surface area contributed by atoms with Crippen LogP contribution in [0.15, 0.2) is 85.1 Å². The Kier molecular flexibility index (Phi) is 7.35. The van der Waals surface area contributed by atoms with Gasteiger partial charge in [0.05, 0.1) is 13.0 Å². The molecule has 2 heterocycles. The van der Waals surface area contributed by atoms with E-state index in [0.717, 1.165) is 55.7 Å². The minimum absolute atomic E-state index is 0.308. The molecule has 0 atom stereocenters. The second-order valence-electron chi connectivity index (χ2n) is 10.8. The fourth-order valence-electron chi connectivity index (χ4n) is 5.83. The van der Waals surface area contributed by atoms with E-state index in [4.69, 9.17) is 4.74 Å². The average molecular weight is 562 g/mol. The molecule has 1 saturated heterocycles. The molecule has 0 spiro atoms. The lowest BCUT2D eigenvalue weighted by atomic mass is 9.90. The summed E-state index contributed by atoms with van der Waals surface area (Å²) in [4.78, 5) is 17.7. The van der Waals surface area contributed by atoms with Crippen molar-refractivity contribution in [3.63, 3.8) is 0 Å². The monoisotopic (exact) mass is 561 g/mol. The van der Waals surface area contributed by atoms with Gasteiger partial charge in [-0.05, 0) is 76.9 Å². The second-order valence-corrected chi connectivity index (χ2v) is 10.8. The van der Waals surface area contributed by atoms with Crippen LogP contribution in [-0.2, 0) is 11.3 Å². The zero-order valence-corrected chi connectivity index (χ0v) is 23.8. The van der Waals surface area contributed by atoms with E-state index in [2.05, 4.69) is 54.5 Å². The number of carboxylic acid groups (broad SMARTS) is 1. The standard InChI is InChI=1S/C35H32FN3O3/c1-21-26(24-16-31(36)30(33(17-24)42-3)20-39-18-25(19-39)35(40)41)10-6-11-27(21)28-12-7-13-32(22(28)2)38-34-29-9-5-4-8-23(29)14-15-37-34/h4-17,25H,18-20H2,1-3H3,(H,37,38)(H,40,41). The van der Waals surface area contributed by atoms with Gasteiger partial charge in [-0.3, -0.25) is 9.69 Å². The molecule has 212 valence electrons. The van der Waals surface area contributed by atoms with E-state index in [1.165, 1.54) is 7.11 Å². The van der Waals surface area contributed by atoms with E-state index in [0.29, 0.717) is 30.9 Å². The number of anilines is 2. The number of hydrogen-bond donors (Lipinski definition) is 2. The molecule has 4 aromatic carbocycles. The van der Waals surface area contributed by atoms with E-state index in [-0.39, 0.29) is 5.82 Å². The fourth-order valence-corrected chi connectivity index (χ4v) is 5.83. The van der Waals surface area contributed by atoms with E-state index in [1.807, 2.05) is 53.6 Å². The highest BCUT2D eigenvalue weighted by Crippen LogP contribution is 2.39. The van der Waals surface area contributed by atoms with Crippen molar-refractivity contribution in [2.45, 2.75) is 20.4 Å². The largest absolute Gasteiger partial charge is 0.496 e. The first kappa shape index (κ1) is 27.4. The number of carbonyl (C=O) groups is 1. The summed E-state index contributed by atoms with van der Waals surface area (Å²) < 4.78 is 21.1. The quantitative estimate of drug-likeness (QED) is 0.203. The third-order valence-corrected chi connectivity index (χ3v) is 8.26. The summed E-state index contributed by atoms with van der Waals surface area (Å²) in [7, 11) is 1.54. The van der Waals surface area contributed by atoms with E-state index in [1.54, 1.807) is 6.07 Å². The molecule has 1 aromatic heterocycles. The SMILES string of the molecule is COc1cc(-c2cccc(-c3cccc(Nc4nccc5ccccc45)c3C)c2C)cc(F)c1CN1CC(C(=O)O)C1. The Balaban J connectivity index is 1.32. The van der Waals surface area contributed by atoms with Gasteiger partial charge in [0.2, 0.25) is 0 Å². The first-order chi connectivity index (χ1) is 20.3. The average Bonchev–Trinajstić information content (AvgIpc) is 2.96. The maximum absolute atomic E-state index is 15.5. The number of benzene rings is 4. The number of ether oxygens (including phenoxy) is 1. The normalized spacial score (nSPS) is 13.6. The number of rotatable bonds is 8. The van der Waals surface area contributed by atoms with Crippen molar-refractivity contribution in [1.29, 1.82) is 0 Å². The highest BCUT2D eigenvalue weighted by Gasteiger charge is 2.33. The molecule has 0 bridgehead atoms. The third-order valence-electron chi connectivity index (χ3n) is 8.26. The molecule has 0 unspecified atom stereocenters. The molecule has 0 saturated carbocycles. The van der Waals surface area contributed by atoms with Crippen LogP contribution in [0.3, 0.4) is 0 Å². The van der Waals surface area contributed by atoms with Crippen molar-refractivity contribution in [3.05, 3.63) is 108 Å². The van der Waals surface area contributed by atoms with Gasteiger partial charge in [-0.25, -0.2) is 9.37 Å².